The molecule has 37 heavy (non-hydrogen) atoms. The van der Waals surface area contributed by atoms with E-state index in [1.165, 1.54) is 36.4 Å². The van der Waals surface area contributed by atoms with Crippen molar-refractivity contribution in [1.82, 2.24) is 10.3 Å². The Morgan fingerprint density at radius 2 is 1.62 bits per heavy atom. The van der Waals surface area contributed by atoms with Crippen molar-refractivity contribution >= 4 is 45.6 Å². The van der Waals surface area contributed by atoms with Gasteiger partial charge in [-0.05, 0) is 48.5 Å². The second kappa shape index (κ2) is 10.2. The van der Waals surface area contributed by atoms with Crippen molar-refractivity contribution < 1.29 is 22.8 Å². The minimum Gasteiger partial charge on any atom is -0.368 e. The Hall–Kier alpha value is -3.95. The zero-order chi connectivity index (χ0) is 26.1. The first kappa shape index (κ1) is 24.7. The molecule has 3 aromatic carbocycles. The lowest BCUT2D eigenvalue weighted by Crippen LogP contribution is -2.43. The van der Waals surface area contributed by atoms with E-state index in [1.54, 1.807) is 12.3 Å². The van der Waals surface area contributed by atoms with E-state index >= 15 is 4.39 Å². The summed E-state index contributed by atoms with van der Waals surface area (Å²) in [6, 6.07) is 12.4. The molecule has 1 amide bonds. The van der Waals surface area contributed by atoms with Crippen LogP contribution in [0.25, 0.3) is 10.9 Å². The van der Waals surface area contributed by atoms with Gasteiger partial charge >= 0.3 is 0 Å². The van der Waals surface area contributed by atoms with Crippen molar-refractivity contribution in [3.63, 3.8) is 0 Å². The standard InChI is InChI=1S/C27H20ClF3N4O2/c28-18-4-1-15(2-5-18)27(37)34-22-13-20(29)24(30)23(25(22)31)26(36)16-3-6-21-17(11-16)12-19(14-33-21)35-9-7-32-8-10-35/h1-6,11-14,32H,7-10H2,(H,34,37). The SMILES string of the molecule is O=C(Nc1cc(F)c(F)c(C(=O)c2ccc3ncc(N4CCNCC4)cc3c2)c1F)c1ccc(Cl)cc1. The largest absolute Gasteiger partial charge is 0.368 e. The van der Waals surface area contributed by atoms with Crippen LogP contribution in [0.2, 0.25) is 5.02 Å². The lowest BCUT2D eigenvalue weighted by Gasteiger charge is -2.29. The van der Waals surface area contributed by atoms with Crippen LogP contribution in [0.3, 0.4) is 0 Å². The summed E-state index contributed by atoms with van der Waals surface area (Å²) in [4.78, 5) is 32.3. The molecule has 0 bridgehead atoms. The van der Waals surface area contributed by atoms with Gasteiger partial charge in [0.15, 0.2) is 23.2 Å². The first-order valence-corrected chi connectivity index (χ1v) is 11.8. The number of carbonyl (C=O) groups excluding carboxylic acids is 2. The monoisotopic (exact) mass is 524 g/mol. The maximum atomic E-state index is 15.3. The summed E-state index contributed by atoms with van der Waals surface area (Å²) in [5, 5.41) is 6.44. The average Bonchev–Trinajstić information content (AvgIpc) is 2.92. The molecule has 1 saturated heterocycles. The Morgan fingerprint density at radius 1 is 0.919 bits per heavy atom. The number of amides is 1. The highest BCUT2D eigenvalue weighted by Gasteiger charge is 2.27. The molecule has 0 aliphatic carbocycles. The van der Waals surface area contributed by atoms with Gasteiger partial charge in [0.1, 0.15) is 0 Å². The van der Waals surface area contributed by atoms with Gasteiger partial charge in [-0.3, -0.25) is 14.6 Å². The fraction of sp³-hybridized carbons (Fsp3) is 0.148. The first-order chi connectivity index (χ1) is 17.8. The maximum Gasteiger partial charge on any atom is 0.255 e. The van der Waals surface area contributed by atoms with Crippen LogP contribution in [0, 0.1) is 17.5 Å². The predicted octanol–water partition coefficient (Wildman–Crippen LogP) is 5.20. The lowest BCUT2D eigenvalue weighted by molar-refractivity contribution is 0.101. The molecular weight excluding hydrogens is 505 g/mol. The van der Waals surface area contributed by atoms with Crippen molar-refractivity contribution in [2.24, 2.45) is 0 Å². The van der Waals surface area contributed by atoms with E-state index in [1.807, 2.05) is 6.07 Å². The second-order valence-electron chi connectivity index (χ2n) is 8.54. The number of hydrogen-bond donors (Lipinski definition) is 2. The quantitative estimate of drug-likeness (QED) is 0.277. The van der Waals surface area contributed by atoms with E-state index < -0.39 is 40.4 Å². The molecule has 10 heteroatoms. The Kier molecular flexibility index (Phi) is 6.82. The van der Waals surface area contributed by atoms with Gasteiger partial charge in [-0.1, -0.05) is 11.6 Å². The molecule has 6 nitrogen and oxygen atoms in total. The zero-order valence-electron chi connectivity index (χ0n) is 19.3. The number of ketones is 1. The van der Waals surface area contributed by atoms with Crippen molar-refractivity contribution in [2.45, 2.75) is 0 Å². The van der Waals surface area contributed by atoms with Gasteiger partial charge in [-0.2, -0.15) is 0 Å². The van der Waals surface area contributed by atoms with Crippen molar-refractivity contribution in [1.29, 1.82) is 0 Å². The Labute approximate surface area is 215 Å². The highest BCUT2D eigenvalue weighted by Crippen LogP contribution is 2.29. The molecule has 0 saturated carbocycles. The Bertz CT molecular complexity index is 1520. The number of aromatic nitrogens is 1. The highest BCUT2D eigenvalue weighted by molar-refractivity contribution is 6.30. The van der Waals surface area contributed by atoms with Crippen LogP contribution in [0.1, 0.15) is 26.3 Å². The third kappa shape index (κ3) is 5.00. The van der Waals surface area contributed by atoms with Crippen LogP contribution >= 0.6 is 11.6 Å². The van der Waals surface area contributed by atoms with E-state index in [9.17, 15) is 18.4 Å². The molecule has 1 aliphatic rings. The van der Waals surface area contributed by atoms with Crippen molar-refractivity contribution in [2.75, 3.05) is 36.4 Å². The number of hydrogen-bond acceptors (Lipinski definition) is 5. The summed E-state index contributed by atoms with van der Waals surface area (Å²) >= 11 is 5.81. The normalized spacial score (nSPS) is 13.6. The van der Waals surface area contributed by atoms with Gasteiger partial charge in [-0.25, -0.2) is 13.2 Å². The summed E-state index contributed by atoms with van der Waals surface area (Å²) in [7, 11) is 0. The van der Waals surface area contributed by atoms with Gasteiger partial charge in [0.2, 0.25) is 0 Å². The summed E-state index contributed by atoms with van der Waals surface area (Å²) in [6.45, 7) is 3.23. The Balaban J connectivity index is 1.48. The molecule has 1 aliphatic heterocycles. The van der Waals surface area contributed by atoms with Gasteiger partial charge in [0, 0.05) is 53.8 Å². The van der Waals surface area contributed by atoms with E-state index in [0.717, 1.165) is 31.9 Å². The van der Waals surface area contributed by atoms with Gasteiger partial charge < -0.3 is 15.5 Å². The average molecular weight is 525 g/mol. The molecule has 1 fully saturated rings. The number of fused-ring (bicyclic) bond motifs is 1. The van der Waals surface area contributed by atoms with E-state index in [0.29, 0.717) is 22.0 Å². The first-order valence-electron chi connectivity index (χ1n) is 11.5. The van der Waals surface area contributed by atoms with Gasteiger partial charge in [0.25, 0.3) is 5.91 Å². The summed E-state index contributed by atoms with van der Waals surface area (Å²) in [5.74, 6) is -6.33. The molecule has 0 unspecified atom stereocenters. The van der Waals surface area contributed by atoms with Crippen LogP contribution in [0.15, 0.2) is 60.8 Å². The molecule has 188 valence electrons. The molecule has 0 atom stereocenters. The van der Waals surface area contributed by atoms with E-state index in [2.05, 4.69) is 20.5 Å². The van der Waals surface area contributed by atoms with Crippen molar-refractivity contribution in [3.8, 4) is 0 Å². The smallest absolute Gasteiger partial charge is 0.255 e. The number of nitrogens with one attached hydrogen (secondary N) is 2. The molecule has 1 aromatic heterocycles. The molecule has 2 heterocycles. The number of pyridine rings is 1. The summed E-state index contributed by atoms with van der Waals surface area (Å²) in [5.41, 5.74) is -0.253. The fourth-order valence-corrected chi connectivity index (χ4v) is 4.32. The third-order valence-corrected chi connectivity index (χ3v) is 6.40. The van der Waals surface area contributed by atoms with E-state index in [4.69, 9.17) is 11.6 Å². The number of halogens is 4. The molecular formula is C27H20ClF3N4O2. The van der Waals surface area contributed by atoms with Crippen LogP contribution in [-0.4, -0.2) is 42.9 Å². The number of nitrogens with zero attached hydrogens (tertiary/aromatic N) is 2. The van der Waals surface area contributed by atoms with Crippen LogP contribution in [-0.2, 0) is 0 Å². The number of piperazine rings is 1. The molecule has 0 radical (unpaired) electrons. The molecule has 4 aromatic rings. The van der Waals surface area contributed by atoms with E-state index in [-0.39, 0.29) is 11.1 Å². The topological polar surface area (TPSA) is 74.3 Å². The van der Waals surface area contributed by atoms with Crippen LogP contribution in [0.5, 0.6) is 0 Å². The summed E-state index contributed by atoms with van der Waals surface area (Å²) < 4.78 is 44.5. The third-order valence-electron chi connectivity index (χ3n) is 6.15. The highest BCUT2D eigenvalue weighted by atomic mass is 35.5. The van der Waals surface area contributed by atoms with Crippen LogP contribution in [0.4, 0.5) is 24.5 Å². The van der Waals surface area contributed by atoms with Crippen molar-refractivity contribution in [3.05, 3.63) is 100.0 Å². The number of carbonyl (C=O) groups is 2. The minimum absolute atomic E-state index is 0.0508. The Morgan fingerprint density at radius 3 is 2.35 bits per heavy atom. The number of benzene rings is 3. The maximum absolute atomic E-state index is 15.3. The van der Waals surface area contributed by atoms with Gasteiger partial charge in [0.05, 0.1) is 28.7 Å². The predicted molar refractivity (Wildman–Crippen MR) is 136 cm³/mol. The molecule has 0 spiro atoms. The number of rotatable bonds is 5. The second-order valence-corrected chi connectivity index (χ2v) is 8.97. The van der Waals surface area contributed by atoms with Gasteiger partial charge in [-0.15, -0.1) is 0 Å². The van der Waals surface area contributed by atoms with Crippen LogP contribution < -0.4 is 15.5 Å². The zero-order valence-corrected chi connectivity index (χ0v) is 20.1. The lowest BCUT2D eigenvalue weighted by atomic mass is 9.99. The molecule has 2 N–H and O–H groups in total. The minimum atomic E-state index is -1.64. The summed E-state index contributed by atoms with van der Waals surface area (Å²) in [6.07, 6.45) is 1.73. The fourth-order valence-electron chi connectivity index (χ4n) is 4.19. The number of anilines is 2. The molecule has 5 rings (SSSR count).